The maximum absolute atomic E-state index is 13.1. The predicted molar refractivity (Wildman–Crippen MR) is 101 cm³/mol. The summed E-state index contributed by atoms with van der Waals surface area (Å²) in [5.41, 5.74) is 8.41. The first kappa shape index (κ1) is 15.2. The van der Waals surface area contributed by atoms with Gasteiger partial charge in [-0.1, -0.05) is 39.0 Å². The molecule has 4 rings (SSSR count). The molecule has 1 heterocycles. The zero-order valence-electron chi connectivity index (χ0n) is 14.8. The fourth-order valence-corrected chi connectivity index (χ4v) is 3.89. The van der Waals surface area contributed by atoms with Crippen molar-refractivity contribution in [3.05, 3.63) is 68.9 Å². The Morgan fingerprint density at radius 1 is 1.12 bits per heavy atom. The van der Waals surface area contributed by atoms with Gasteiger partial charge in [0.1, 0.15) is 0 Å². The molecule has 1 aliphatic rings. The minimum atomic E-state index is 0.197. The van der Waals surface area contributed by atoms with Crippen LogP contribution >= 0.6 is 0 Å². The van der Waals surface area contributed by atoms with E-state index in [1.807, 2.05) is 6.07 Å². The lowest BCUT2D eigenvalue weighted by Crippen LogP contribution is -2.14. The smallest absolute Gasteiger partial charge is 0.193 e. The summed E-state index contributed by atoms with van der Waals surface area (Å²) in [5.74, 6) is 0.455. The van der Waals surface area contributed by atoms with Crippen LogP contribution in [-0.2, 0) is 19.9 Å². The third kappa shape index (κ3) is 2.06. The van der Waals surface area contributed by atoms with E-state index in [2.05, 4.69) is 62.7 Å². The van der Waals surface area contributed by atoms with Gasteiger partial charge >= 0.3 is 0 Å². The minimum Gasteiger partial charge on any atom is -0.343 e. The lowest BCUT2D eigenvalue weighted by Gasteiger charge is -2.15. The first-order chi connectivity index (χ1) is 11.5. The van der Waals surface area contributed by atoms with Crippen LogP contribution in [0.1, 0.15) is 48.9 Å². The fourth-order valence-electron chi connectivity index (χ4n) is 3.89. The molecular weight excluding hydrogens is 294 g/mol. The quantitative estimate of drug-likeness (QED) is 0.521. The number of rotatable bonds is 2. The molecule has 0 spiro atoms. The van der Waals surface area contributed by atoms with E-state index in [4.69, 9.17) is 0 Å². The highest BCUT2D eigenvalue weighted by Gasteiger charge is 2.25. The monoisotopic (exact) mass is 317 g/mol. The summed E-state index contributed by atoms with van der Waals surface area (Å²) in [6.07, 6.45) is 1.77. The number of aryl methyl sites for hydroxylation is 2. The highest BCUT2D eigenvalue weighted by atomic mass is 16.1. The second-order valence-electron chi connectivity index (χ2n) is 7.17. The molecule has 0 saturated carbocycles. The highest BCUT2D eigenvalue weighted by Crippen LogP contribution is 2.37. The molecule has 3 aromatic rings. The van der Waals surface area contributed by atoms with E-state index in [9.17, 15) is 4.79 Å². The maximum Gasteiger partial charge on any atom is 0.193 e. The van der Waals surface area contributed by atoms with E-state index in [-0.39, 0.29) is 5.43 Å². The van der Waals surface area contributed by atoms with Crippen molar-refractivity contribution in [1.82, 2.24) is 4.57 Å². The van der Waals surface area contributed by atoms with Crippen molar-refractivity contribution in [1.29, 1.82) is 0 Å². The molecule has 0 aliphatic heterocycles. The number of benzene rings is 2. The molecule has 1 aromatic heterocycles. The van der Waals surface area contributed by atoms with E-state index in [1.165, 1.54) is 22.3 Å². The predicted octanol–water partition coefficient (Wildman–Crippen LogP) is 4.80. The van der Waals surface area contributed by atoms with Gasteiger partial charge in [-0.15, -0.1) is 0 Å². The van der Waals surface area contributed by atoms with Crippen LogP contribution in [0.2, 0.25) is 0 Å². The van der Waals surface area contributed by atoms with Gasteiger partial charge in [-0.05, 0) is 47.2 Å². The molecule has 122 valence electrons. The van der Waals surface area contributed by atoms with Crippen LogP contribution < -0.4 is 5.43 Å². The Hall–Kier alpha value is -2.35. The van der Waals surface area contributed by atoms with Crippen LogP contribution in [-0.4, -0.2) is 4.57 Å². The topological polar surface area (TPSA) is 22.0 Å². The van der Waals surface area contributed by atoms with Gasteiger partial charge in [-0.3, -0.25) is 4.79 Å². The fraction of sp³-hybridized carbons (Fsp3) is 0.318. The van der Waals surface area contributed by atoms with Gasteiger partial charge in [0.05, 0.1) is 11.2 Å². The van der Waals surface area contributed by atoms with Crippen LogP contribution in [0.5, 0.6) is 0 Å². The molecule has 2 nitrogen and oxygen atoms in total. The first-order valence-corrected chi connectivity index (χ1v) is 8.79. The number of aromatic nitrogens is 1. The Kier molecular flexibility index (Phi) is 3.38. The third-order valence-corrected chi connectivity index (χ3v) is 5.39. The maximum atomic E-state index is 13.1. The Balaban J connectivity index is 2.08. The Morgan fingerprint density at radius 2 is 1.92 bits per heavy atom. The molecule has 0 N–H and O–H groups in total. The van der Waals surface area contributed by atoms with E-state index in [1.54, 1.807) is 0 Å². The summed E-state index contributed by atoms with van der Waals surface area (Å²) in [6.45, 7) is 6.55. The largest absolute Gasteiger partial charge is 0.343 e. The summed E-state index contributed by atoms with van der Waals surface area (Å²) in [6, 6.07) is 12.9. The number of hydrogen-bond acceptors (Lipinski definition) is 1. The Labute approximate surface area is 142 Å². The molecular formula is C22H23NO. The molecule has 2 heteroatoms. The van der Waals surface area contributed by atoms with E-state index in [0.29, 0.717) is 5.92 Å². The van der Waals surface area contributed by atoms with Crippen molar-refractivity contribution < 1.29 is 0 Å². The second kappa shape index (κ2) is 5.34. The summed E-state index contributed by atoms with van der Waals surface area (Å²) in [4.78, 5) is 13.1. The Morgan fingerprint density at radius 3 is 2.62 bits per heavy atom. The van der Waals surface area contributed by atoms with Gasteiger partial charge < -0.3 is 4.57 Å². The number of fused-ring (bicyclic) bond motifs is 4. The summed E-state index contributed by atoms with van der Waals surface area (Å²) < 4.78 is 2.23. The van der Waals surface area contributed by atoms with Crippen molar-refractivity contribution in [3.63, 3.8) is 0 Å². The van der Waals surface area contributed by atoms with Gasteiger partial charge in [0.2, 0.25) is 0 Å². The van der Waals surface area contributed by atoms with Crippen LogP contribution in [0, 0.1) is 0 Å². The van der Waals surface area contributed by atoms with Crippen molar-refractivity contribution in [2.75, 3.05) is 0 Å². The molecule has 24 heavy (non-hydrogen) atoms. The number of hydrogen-bond donors (Lipinski definition) is 0. The molecule has 0 saturated heterocycles. The lowest BCUT2D eigenvalue weighted by atomic mass is 9.99. The van der Waals surface area contributed by atoms with Gasteiger partial charge in [-0.2, -0.15) is 0 Å². The number of pyridine rings is 1. The average Bonchev–Trinajstić information content (AvgIpc) is 2.98. The molecule has 0 atom stereocenters. The summed E-state index contributed by atoms with van der Waals surface area (Å²) in [7, 11) is 2.10. The van der Waals surface area contributed by atoms with Gasteiger partial charge in [-0.25, -0.2) is 0 Å². The van der Waals surface area contributed by atoms with Crippen LogP contribution in [0.15, 0.2) is 41.2 Å². The van der Waals surface area contributed by atoms with Crippen LogP contribution in [0.3, 0.4) is 0 Å². The van der Waals surface area contributed by atoms with Crippen LogP contribution in [0.4, 0.5) is 0 Å². The summed E-state index contributed by atoms with van der Waals surface area (Å²) >= 11 is 0. The van der Waals surface area contributed by atoms with Crippen molar-refractivity contribution >= 4 is 10.9 Å². The molecule has 2 aromatic carbocycles. The first-order valence-electron chi connectivity index (χ1n) is 8.79. The SMILES string of the molecule is CCc1ccc2c(c1)-c1c(c(=O)c3ccc(C(C)C)cc3n1C)C2. The Bertz CT molecular complexity index is 1020. The van der Waals surface area contributed by atoms with Gasteiger partial charge in [0.15, 0.2) is 5.43 Å². The molecule has 0 fully saturated rings. The lowest BCUT2D eigenvalue weighted by molar-refractivity contribution is 0.864. The zero-order valence-corrected chi connectivity index (χ0v) is 14.8. The van der Waals surface area contributed by atoms with Crippen LogP contribution in [0.25, 0.3) is 22.2 Å². The van der Waals surface area contributed by atoms with E-state index >= 15 is 0 Å². The summed E-state index contributed by atoms with van der Waals surface area (Å²) in [5, 5.41) is 0.837. The van der Waals surface area contributed by atoms with E-state index < -0.39 is 0 Å². The molecule has 0 bridgehead atoms. The highest BCUT2D eigenvalue weighted by molar-refractivity contribution is 5.87. The molecule has 1 aliphatic carbocycles. The van der Waals surface area contributed by atoms with E-state index in [0.717, 1.165) is 35.0 Å². The van der Waals surface area contributed by atoms with Crippen molar-refractivity contribution in [2.24, 2.45) is 7.05 Å². The molecule has 0 unspecified atom stereocenters. The normalized spacial score (nSPS) is 12.7. The third-order valence-electron chi connectivity index (χ3n) is 5.39. The minimum absolute atomic E-state index is 0.197. The van der Waals surface area contributed by atoms with Gasteiger partial charge in [0.25, 0.3) is 0 Å². The van der Waals surface area contributed by atoms with Crippen molar-refractivity contribution in [3.8, 4) is 11.3 Å². The second-order valence-corrected chi connectivity index (χ2v) is 7.17. The molecule has 0 radical (unpaired) electrons. The van der Waals surface area contributed by atoms with Crippen molar-refractivity contribution in [2.45, 2.75) is 39.5 Å². The standard InChI is InChI=1S/C22H23NO/c1-5-14-6-7-16-11-19-21(18(16)10-14)23(4)20-12-15(13(2)3)8-9-17(20)22(19)24/h6-10,12-13H,5,11H2,1-4H3. The number of nitrogens with zero attached hydrogens (tertiary/aromatic N) is 1. The zero-order chi connectivity index (χ0) is 17.0. The average molecular weight is 317 g/mol. The van der Waals surface area contributed by atoms with Gasteiger partial charge in [0, 0.05) is 30.0 Å². The molecule has 0 amide bonds.